The maximum Gasteiger partial charge on any atom is 0.251 e. The van der Waals surface area contributed by atoms with Crippen LogP contribution in [0.25, 0.3) is 0 Å². The lowest BCUT2D eigenvalue weighted by Gasteiger charge is -1.69. The lowest BCUT2D eigenvalue weighted by Crippen LogP contribution is -2.03. The molecular weight excluding hydrogens is 336 g/mol. The van der Waals surface area contributed by atoms with Gasteiger partial charge in [0.2, 0.25) is 0 Å². The topological polar surface area (TPSA) is 168 Å². The van der Waals surface area contributed by atoms with Gasteiger partial charge in [-0.1, -0.05) is 36.4 Å². The van der Waals surface area contributed by atoms with E-state index in [1.165, 1.54) is 0 Å². The van der Waals surface area contributed by atoms with Gasteiger partial charge in [0.25, 0.3) is 10.3 Å². The summed E-state index contributed by atoms with van der Waals surface area (Å²) in [6.07, 6.45) is 3.46. The van der Waals surface area contributed by atoms with Crippen molar-refractivity contribution in [2.75, 3.05) is 14.1 Å². The van der Waals surface area contributed by atoms with Crippen LogP contribution < -0.4 is 22.9 Å². The summed E-state index contributed by atoms with van der Waals surface area (Å²) in [4.78, 5) is 0. The Kier molecular flexibility index (Phi) is 35.1. The molecular formula is C13H26N6O2S2. The van der Waals surface area contributed by atoms with E-state index in [1.807, 2.05) is 56.6 Å². The highest BCUT2D eigenvalue weighted by molar-refractivity contribution is 7.80. The Bertz CT molecular complexity index is 365. The molecule has 1 heterocycles. The molecule has 0 fully saturated rings. The summed E-state index contributed by atoms with van der Waals surface area (Å²) in [6.45, 7) is 0. The van der Waals surface area contributed by atoms with Crippen molar-refractivity contribution in [2.24, 2.45) is 11.5 Å². The van der Waals surface area contributed by atoms with Gasteiger partial charge in [0.05, 0.1) is 0 Å². The van der Waals surface area contributed by atoms with Crippen LogP contribution in [0.4, 0.5) is 0 Å². The summed E-state index contributed by atoms with van der Waals surface area (Å²) in [5.41, 5.74) is 8.80. The van der Waals surface area contributed by atoms with Gasteiger partial charge in [0.15, 0.2) is 0 Å². The van der Waals surface area contributed by atoms with E-state index >= 15 is 0 Å². The van der Waals surface area contributed by atoms with E-state index in [0.717, 1.165) is 0 Å². The molecule has 0 unspecified atom stereocenters. The predicted molar refractivity (Wildman–Crippen MR) is 104 cm³/mol. The van der Waals surface area contributed by atoms with Crippen molar-refractivity contribution in [3.8, 4) is 0 Å². The van der Waals surface area contributed by atoms with Crippen LogP contribution in [0.1, 0.15) is 0 Å². The third-order valence-corrected chi connectivity index (χ3v) is 1.07. The molecule has 2 aromatic rings. The highest BCUT2D eigenvalue weighted by atomic mass is 32.1. The highest BCUT2D eigenvalue weighted by Crippen LogP contribution is 1.79. The van der Waals surface area contributed by atoms with Gasteiger partial charge in [-0.3, -0.25) is 5.10 Å². The van der Waals surface area contributed by atoms with Gasteiger partial charge in [-0.25, -0.2) is 0 Å². The molecule has 1 aromatic carbocycles. The van der Waals surface area contributed by atoms with E-state index in [-0.39, 0.29) is 6.15 Å². The van der Waals surface area contributed by atoms with E-state index in [4.69, 9.17) is 10.2 Å². The zero-order valence-electron chi connectivity index (χ0n) is 13.2. The third-order valence-electron chi connectivity index (χ3n) is 1.07. The first-order valence-corrected chi connectivity index (χ1v) is 6.69. The second-order valence-electron chi connectivity index (χ2n) is 3.10. The van der Waals surface area contributed by atoms with Crippen LogP contribution in [0.5, 0.6) is 0 Å². The summed E-state index contributed by atoms with van der Waals surface area (Å²) in [7, 11) is 3.75. The fourth-order valence-electron chi connectivity index (χ4n) is 0.600. The van der Waals surface area contributed by atoms with Crippen molar-refractivity contribution in [3.63, 3.8) is 0 Å². The molecule has 1 aromatic heterocycles. The molecule has 0 radical (unpaired) electrons. The third kappa shape index (κ3) is 81.4. The van der Waals surface area contributed by atoms with Crippen molar-refractivity contribution < 1.29 is 10.2 Å². The number of nitrogens with one attached hydrogen (secondary N) is 2. The summed E-state index contributed by atoms with van der Waals surface area (Å²) in [6, 6.07) is 13.8. The van der Waals surface area contributed by atoms with Crippen molar-refractivity contribution >= 4 is 34.8 Å². The Morgan fingerprint density at radius 2 is 1.17 bits per heavy atom. The number of H-pyrrole nitrogens is 1. The van der Waals surface area contributed by atoms with Crippen LogP contribution in [0.2, 0.25) is 0 Å². The lowest BCUT2D eigenvalue weighted by atomic mass is 10.4. The fraction of sp³-hybridized carbons (Fsp3) is 0.154. The van der Waals surface area contributed by atoms with Crippen LogP contribution in [-0.2, 0) is 0 Å². The van der Waals surface area contributed by atoms with Crippen LogP contribution in [0, 0.1) is 0 Å². The number of aliphatic hydroxyl groups is 2. The molecule has 0 spiro atoms. The maximum absolute atomic E-state index is 7.56. The molecule has 10 heteroatoms. The first kappa shape index (κ1) is 28.8. The van der Waals surface area contributed by atoms with Gasteiger partial charge in [0, 0.05) is 12.4 Å². The Morgan fingerprint density at radius 1 is 0.913 bits per heavy atom. The monoisotopic (exact) mass is 362 g/mol. The van der Waals surface area contributed by atoms with E-state index in [0.29, 0.717) is 0 Å². The molecule has 2 rings (SSSR count). The van der Waals surface area contributed by atoms with Crippen LogP contribution in [0.3, 0.4) is 0 Å². The predicted octanol–water partition coefficient (Wildman–Crippen LogP) is 1.67. The first-order valence-electron chi connectivity index (χ1n) is 5.87. The molecule has 11 N–H and O–H groups in total. The average molecular weight is 363 g/mol. The number of aromatic nitrogens is 2. The molecule has 0 atom stereocenters. The molecule has 0 aliphatic carbocycles. The van der Waals surface area contributed by atoms with E-state index in [9.17, 15) is 0 Å². The first-order chi connectivity index (χ1) is 10.4. The Balaban J connectivity index is -0.0000000994. The molecule has 132 valence electrons. The molecule has 0 saturated heterocycles. The number of hydrogen-bond acceptors (Lipinski definition) is 5. The number of nitrogens with two attached hydrogens (primary N) is 2. The quantitative estimate of drug-likeness (QED) is 0.345. The Hall–Kier alpha value is -2.27. The van der Waals surface area contributed by atoms with Gasteiger partial charge in [-0.2, -0.15) is 5.10 Å². The molecule has 0 amide bonds. The zero-order chi connectivity index (χ0) is 17.6. The minimum Gasteiger partial charge on any atom is -0.487 e. The highest BCUT2D eigenvalue weighted by Gasteiger charge is 1.58. The maximum atomic E-state index is 7.56. The van der Waals surface area contributed by atoms with Gasteiger partial charge in [-0.05, 0) is 44.6 Å². The van der Waals surface area contributed by atoms with Crippen molar-refractivity contribution in [1.29, 1.82) is 0 Å². The number of thiocarbonyl (C=S) groups is 2. The number of aromatic amines is 1. The summed E-state index contributed by atoms with van der Waals surface area (Å²) in [5, 5.41) is 23.1. The van der Waals surface area contributed by atoms with Crippen LogP contribution >= 0.6 is 24.4 Å². The lowest BCUT2D eigenvalue weighted by molar-refractivity contribution is 0.559. The van der Waals surface area contributed by atoms with Gasteiger partial charge in [-0.15, -0.1) is 0 Å². The van der Waals surface area contributed by atoms with Gasteiger partial charge >= 0.3 is 0 Å². The van der Waals surface area contributed by atoms with E-state index < -0.39 is 10.3 Å². The number of benzene rings is 1. The van der Waals surface area contributed by atoms with Crippen molar-refractivity contribution in [3.05, 3.63) is 54.9 Å². The van der Waals surface area contributed by atoms with Crippen molar-refractivity contribution in [2.45, 2.75) is 0 Å². The minimum absolute atomic E-state index is 0. The van der Waals surface area contributed by atoms with Crippen LogP contribution in [-0.4, -0.2) is 44.9 Å². The molecule has 0 saturated carbocycles. The number of nitrogens with zero attached hydrogens (tertiary/aromatic N) is 1. The summed E-state index contributed by atoms with van der Waals surface area (Å²) >= 11 is 7.74. The molecule has 0 bridgehead atoms. The summed E-state index contributed by atoms with van der Waals surface area (Å²) in [5.74, 6) is 0. The molecule has 0 aliphatic heterocycles. The number of hydrogen-bond donors (Lipinski definition) is 7. The van der Waals surface area contributed by atoms with Crippen molar-refractivity contribution in [1.82, 2.24) is 21.7 Å². The Morgan fingerprint density at radius 3 is 1.26 bits per heavy atom. The normalized spacial score (nSPS) is 6.70. The second kappa shape index (κ2) is 28.0. The van der Waals surface area contributed by atoms with E-state index in [1.54, 1.807) is 12.4 Å². The van der Waals surface area contributed by atoms with Gasteiger partial charge in [0.1, 0.15) is 0 Å². The molecule has 0 aliphatic rings. The Labute approximate surface area is 147 Å². The number of rotatable bonds is 0. The van der Waals surface area contributed by atoms with Gasteiger partial charge < -0.3 is 33.1 Å². The fourth-order valence-corrected chi connectivity index (χ4v) is 0.600. The largest absolute Gasteiger partial charge is 0.487 e. The second-order valence-corrected chi connectivity index (χ2v) is 3.93. The standard InChI is InChI=1S/C6H6.C3H4N2.C2H7N.2CH3NOS.H3N/c1-2-4-6-5-3-1;1-2-4-5-3-1;1-3-2;2*2-1(3)4;/h1-6H;1-3H,(H,4,5);3H,1-2H3;2*(H3,2,3,4);1H3. The summed E-state index contributed by atoms with van der Waals surface area (Å²) < 4.78 is 0. The smallest absolute Gasteiger partial charge is 0.251 e. The van der Waals surface area contributed by atoms with Crippen LogP contribution in [0.15, 0.2) is 54.9 Å². The minimum atomic E-state index is -0.500. The van der Waals surface area contributed by atoms with E-state index in [2.05, 4.69) is 51.4 Å². The number of aliphatic hydroxyl groups excluding tert-OH is 2. The zero-order valence-corrected chi connectivity index (χ0v) is 14.8. The average Bonchev–Trinajstić information content (AvgIpc) is 2.99. The molecule has 8 nitrogen and oxygen atoms in total. The molecule has 23 heavy (non-hydrogen) atoms. The SMILES string of the molecule is CNC.N.NC(O)=S.NC(O)=S.c1ccccc1.c1cn[nH]c1.